The molecular formula is C11H13N3S. The predicted octanol–water partition coefficient (Wildman–Crippen LogP) is 2.41. The molecule has 4 heteroatoms. The van der Waals surface area contributed by atoms with Gasteiger partial charge in [-0.2, -0.15) is 0 Å². The van der Waals surface area contributed by atoms with E-state index in [9.17, 15) is 0 Å². The number of nitrogens with zero attached hydrogens (tertiary/aromatic N) is 2. The lowest BCUT2D eigenvalue weighted by molar-refractivity contribution is 0.834. The Kier molecular flexibility index (Phi) is 2.68. The molecule has 0 spiro atoms. The van der Waals surface area contributed by atoms with Gasteiger partial charge in [-0.25, -0.2) is 0 Å². The van der Waals surface area contributed by atoms with Crippen LogP contribution < -0.4 is 5.73 Å². The van der Waals surface area contributed by atoms with E-state index in [1.807, 2.05) is 31.4 Å². The van der Waals surface area contributed by atoms with E-state index in [1.54, 1.807) is 17.5 Å². The zero-order chi connectivity index (χ0) is 10.8. The smallest absolute Gasteiger partial charge is 0.127 e. The van der Waals surface area contributed by atoms with Crippen LogP contribution in [0.1, 0.15) is 19.4 Å². The van der Waals surface area contributed by atoms with Crippen LogP contribution in [0.4, 0.5) is 0 Å². The first-order chi connectivity index (χ1) is 7.16. The highest BCUT2D eigenvalue weighted by Crippen LogP contribution is 2.19. The van der Waals surface area contributed by atoms with Crippen molar-refractivity contribution in [3.63, 3.8) is 0 Å². The van der Waals surface area contributed by atoms with Gasteiger partial charge in [0.25, 0.3) is 0 Å². The Labute approximate surface area is 92.7 Å². The number of pyridine rings is 1. The summed E-state index contributed by atoms with van der Waals surface area (Å²) in [6, 6.07) is 4.25. The minimum absolute atomic E-state index is 0.212. The number of amidine groups is 1. The number of fused-ring (bicyclic) bond motifs is 1. The van der Waals surface area contributed by atoms with E-state index >= 15 is 0 Å². The summed E-state index contributed by atoms with van der Waals surface area (Å²) in [5, 5.41) is 2.03. The van der Waals surface area contributed by atoms with Crippen molar-refractivity contribution in [1.29, 1.82) is 0 Å². The Morgan fingerprint density at radius 2 is 2.33 bits per heavy atom. The van der Waals surface area contributed by atoms with Gasteiger partial charge >= 0.3 is 0 Å². The maximum Gasteiger partial charge on any atom is 0.127 e. The van der Waals surface area contributed by atoms with Gasteiger partial charge in [-0.1, -0.05) is 0 Å². The van der Waals surface area contributed by atoms with E-state index < -0.39 is 0 Å². The molecule has 0 saturated carbocycles. The highest BCUT2D eigenvalue weighted by molar-refractivity contribution is 7.17. The van der Waals surface area contributed by atoms with Crippen molar-refractivity contribution in [1.82, 2.24) is 4.98 Å². The highest BCUT2D eigenvalue weighted by atomic mass is 32.1. The van der Waals surface area contributed by atoms with Crippen molar-refractivity contribution in [3.8, 4) is 0 Å². The van der Waals surface area contributed by atoms with Gasteiger partial charge in [0.15, 0.2) is 0 Å². The van der Waals surface area contributed by atoms with Gasteiger partial charge in [-0.3, -0.25) is 9.98 Å². The molecular weight excluding hydrogens is 206 g/mol. The molecule has 0 unspecified atom stereocenters. The van der Waals surface area contributed by atoms with E-state index in [1.165, 1.54) is 0 Å². The third kappa shape index (κ3) is 2.15. The van der Waals surface area contributed by atoms with E-state index in [0.29, 0.717) is 5.84 Å². The molecule has 0 amide bonds. The molecule has 0 radical (unpaired) electrons. The first-order valence-corrected chi connectivity index (χ1v) is 5.71. The molecule has 2 heterocycles. The van der Waals surface area contributed by atoms with Crippen LogP contribution in [0.15, 0.2) is 28.7 Å². The Morgan fingerprint density at radius 3 is 3.07 bits per heavy atom. The minimum Gasteiger partial charge on any atom is -0.383 e. The van der Waals surface area contributed by atoms with Gasteiger partial charge in [0, 0.05) is 17.8 Å². The summed E-state index contributed by atoms with van der Waals surface area (Å²) in [7, 11) is 0. The Balaban J connectivity index is 2.43. The third-order valence-corrected chi connectivity index (χ3v) is 2.85. The number of hydrogen-bond acceptors (Lipinski definition) is 3. The van der Waals surface area contributed by atoms with Crippen molar-refractivity contribution < 1.29 is 0 Å². The second-order valence-corrected chi connectivity index (χ2v) is 4.58. The minimum atomic E-state index is 0.212. The molecule has 2 aromatic rings. The van der Waals surface area contributed by atoms with Gasteiger partial charge in [0.2, 0.25) is 0 Å². The number of nitrogens with two attached hydrogens (primary N) is 1. The molecule has 0 atom stereocenters. The fourth-order valence-electron chi connectivity index (χ4n) is 1.34. The first kappa shape index (κ1) is 10.1. The van der Waals surface area contributed by atoms with Crippen LogP contribution in [-0.4, -0.2) is 16.9 Å². The van der Waals surface area contributed by atoms with Crippen molar-refractivity contribution in [2.75, 3.05) is 0 Å². The van der Waals surface area contributed by atoms with Gasteiger partial charge < -0.3 is 5.73 Å². The molecule has 2 N–H and O–H groups in total. The van der Waals surface area contributed by atoms with Crippen molar-refractivity contribution >= 4 is 27.4 Å². The van der Waals surface area contributed by atoms with Crippen molar-refractivity contribution in [2.45, 2.75) is 19.9 Å². The summed E-state index contributed by atoms with van der Waals surface area (Å²) < 4.78 is 1.15. The Hall–Kier alpha value is -1.42. The van der Waals surface area contributed by atoms with Gasteiger partial charge in [0.05, 0.1) is 10.2 Å². The van der Waals surface area contributed by atoms with Crippen LogP contribution in [0.5, 0.6) is 0 Å². The molecule has 2 aromatic heterocycles. The summed E-state index contributed by atoms with van der Waals surface area (Å²) >= 11 is 1.66. The fourth-order valence-corrected chi connectivity index (χ4v) is 2.12. The fraction of sp³-hybridized carbons (Fsp3) is 0.273. The summed E-state index contributed by atoms with van der Waals surface area (Å²) in [6.45, 7) is 4.01. The maximum atomic E-state index is 5.87. The van der Waals surface area contributed by atoms with Crippen LogP contribution in [-0.2, 0) is 0 Å². The molecule has 2 rings (SSSR count). The van der Waals surface area contributed by atoms with Crippen molar-refractivity contribution in [3.05, 3.63) is 29.3 Å². The topological polar surface area (TPSA) is 51.3 Å². The van der Waals surface area contributed by atoms with E-state index in [2.05, 4.69) is 9.98 Å². The lowest BCUT2D eigenvalue weighted by atomic mass is 10.2. The molecule has 78 valence electrons. The summed E-state index contributed by atoms with van der Waals surface area (Å²) in [5.41, 5.74) is 7.79. The third-order valence-electron chi connectivity index (χ3n) is 2.00. The molecule has 0 aliphatic rings. The number of rotatable bonds is 2. The van der Waals surface area contributed by atoms with Crippen molar-refractivity contribution in [2.24, 2.45) is 10.7 Å². The van der Waals surface area contributed by atoms with E-state index in [0.717, 1.165) is 15.8 Å². The normalized spacial score (nSPS) is 12.6. The molecule has 0 saturated heterocycles. The zero-order valence-corrected chi connectivity index (χ0v) is 9.58. The summed E-state index contributed by atoms with van der Waals surface area (Å²) in [5.74, 6) is 0.563. The lowest BCUT2D eigenvalue weighted by Crippen LogP contribution is -2.15. The van der Waals surface area contributed by atoms with Crippen LogP contribution in [0.2, 0.25) is 0 Å². The predicted molar refractivity (Wildman–Crippen MR) is 65.5 cm³/mol. The van der Waals surface area contributed by atoms with Crippen LogP contribution >= 0.6 is 11.3 Å². The summed E-state index contributed by atoms with van der Waals surface area (Å²) in [6.07, 6.45) is 1.77. The number of thiophene rings is 1. The molecule has 15 heavy (non-hydrogen) atoms. The monoisotopic (exact) mass is 219 g/mol. The molecule has 0 aliphatic carbocycles. The maximum absolute atomic E-state index is 5.87. The molecule has 0 aromatic carbocycles. The average molecular weight is 219 g/mol. The molecule has 3 nitrogen and oxygen atoms in total. The Bertz CT molecular complexity index is 499. The Morgan fingerprint density at radius 1 is 1.53 bits per heavy atom. The standard InChI is InChI=1S/C11H13N3S/c1-7(2)14-11(12)8-5-10-9(13-6-8)3-4-15-10/h3-7H,1-2H3,(H2,12,14). The molecule has 0 aliphatic heterocycles. The van der Waals surface area contributed by atoms with Gasteiger partial charge in [0.1, 0.15) is 5.84 Å². The number of aliphatic imine (C=N–C) groups is 1. The second kappa shape index (κ2) is 3.98. The lowest BCUT2D eigenvalue weighted by Gasteiger charge is -2.02. The number of hydrogen-bond donors (Lipinski definition) is 1. The molecule has 0 fully saturated rings. The highest BCUT2D eigenvalue weighted by Gasteiger charge is 2.03. The summed E-state index contributed by atoms with van der Waals surface area (Å²) in [4.78, 5) is 8.62. The van der Waals surface area contributed by atoms with Crippen LogP contribution in [0.25, 0.3) is 10.2 Å². The second-order valence-electron chi connectivity index (χ2n) is 3.64. The largest absolute Gasteiger partial charge is 0.383 e. The molecule has 0 bridgehead atoms. The first-order valence-electron chi connectivity index (χ1n) is 4.83. The van der Waals surface area contributed by atoms with Gasteiger partial charge in [-0.05, 0) is 31.4 Å². The quantitative estimate of drug-likeness (QED) is 0.623. The average Bonchev–Trinajstić information content (AvgIpc) is 2.62. The van der Waals surface area contributed by atoms with E-state index in [-0.39, 0.29) is 6.04 Å². The van der Waals surface area contributed by atoms with Gasteiger partial charge in [-0.15, -0.1) is 11.3 Å². The number of aromatic nitrogens is 1. The van der Waals surface area contributed by atoms with Crippen LogP contribution in [0.3, 0.4) is 0 Å². The zero-order valence-electron chi connectivity index (χ0n) is 8.77. The SMILES string of the molecule is CC(C)N=C(N)c1cnc2ccsc2c1. The van der Waals surface area contributed by atoms with E-state index in [4.69, 9.17) is 5.73 Å². The van der Waals surface area contributed by atoms with Crippen LogP contribution in [0, 0.1) is 0 Å².